The van der Waals surface area contributed by atoms with E-state index in [-0.39, 0.29) is 17.5 Å². The molecule has 0 saturated carbocycles. The lowest BCUT2D eigenvalue weighted by Crippen LogP contribution is -2.11. The molecule has 26 heavy (non-hydrogen) atoms. The number of thiophene rings is 1. The first-order valence-corrected chi connectivity index (χ1v) is 10.1. The lowest BCUT2D eigenvalue weighted by atomic mass is 9.98. The molecule has 3 aromatic rings. The molecule has 0 amide bonds. The summed E-state index contributed by atoms with van der Waals surface area (Å²) in [6.07, 6.45) is 1.97. The number of aromatic amines is 1. The molecule has 0 unspecified atom stereocenters. The third kappa shape index (κ3) is 3.96. The van der Waals surface area contributed by atoms with Gasteiger partial charge in [-0.1, -0.05) is 32.0 Å². The molecule has 3 aromatic heterocycles. The van der Waals surface area contributed by atoms with Crippen LogP contribution in [0, 0.1) is 12.8 Å². The number of hydrogen-bond acceptors (Lipinski definition) is 9. The van der Waals surface area contributed by atoms with Crippen LogP contribution in [0.3, 0.4) is 0 Å². The Kier molecular flexibility index (Phi) is 5.42. The van der Waals surface area contributed by atoms with Crippen molar-refractivity contribution in [2.75, 3.05) is 11.5 Å². The smallest absolute Gasteiger partial charge is 0.260 e. The fraction of sp³-hybridized carbons (Fsp3) is 0.438. The van der Waals surface area contributed by atoms with Gasteiger partial charge in [-0.2, -0.15) is 15.0 Å². The van der Waals surface area contributed by atoms with E-state index < -0.39 is 0 Å². The lowest BCUT2D eigenvalue weighted by Gasteiger charge is -2.08. The number of hydrogen-bond donors (Lipinski definition) is 3. The third-order valence-corrected chi connectivity index (χ3v) is 6.06. The molecule has 3 rings (SSSR count). The highest BCUT2D eigenvalue weighted by molar-refractivity contribution is 7.98. The van der Waals surface area contributed by atoms with E-state index in [9.17, 15) is 4.79 Å². The third-order valence-electron chi connectivity index (χ3n) is 4.14. The van der Waals surface area contributed by atoms with E-state index in [0.29, 0.717) is 28.0 Å². The standard InChI is InChI=1S/C16H21N7OS2/c1-4-7(2)5-9-8(3)26-13-11(9)12(24)21-16(22-13)25-6-10-19-14(17)23-15(18)20-10/h7H,4-6H2,1-3H3,(H,21,22,24)(H4,17,18,19,20,23)/t7-/m0/s1. The molecule has 0 aliphatic heterocycles. The number of nitrogens with zero attached hydrogens (tertiary/aromatic N) is 4. The summed E-state index contributed by atoms with van der Waals surface area (Å²) in [6.45, 7) is 6.40. The highest BCUT2D eigenvalue weighted by atomic mass is 32.2. The minimum atomic E-state index is -0.102. The van der Waals surface area contributed by atoms with E-state index in [0.717, 1.165) is 28.1 Å². The van der Waals surface area contributed by atoms with Gasteiger partial charge in [0, 0.05) is 4.88 Å². The second-order valence-electron chi connectivity index (χ2n) is 6.16. The zero-order chi connectivity index (χ0) is 18.8. The molecule has 0 radical (unpaired) electrons. The van der Waals surface area contributed by atoms with Gasteiger partial charge in [-0.25, -0.2) is 4.98 Å². The summed E-state index contributed by atoms with van der Waals surface area (Å²) >= 11 is 2.89. The Hall–Kier alpha value is -2.20. The number of nitrogens with two attached hydrogens (primary N) is 2. The van der Waals surface area contributed by atoms with E-state index in [4.69, 9.17) is 11.5 Å². The summed E-state index contributed by atoms with van der Waals surface area (Å²) in [5.74, 6) is 1.51. The minimum Gasteiger partial charge on any atom is -0.368 e. The molecule has 138 valence electrons. The van der Waals surface area contributed by atoms with Gasteiger partial charge in [-0.15, -0.1) is 11.3 Å². The SMILES string of the molecule is CC[C@H](C)Cc1c(C)sc2nc(SCc3nc(N)nc(N)n3)[nH]c(=O)c12. The van der Waals surface area contributed by atoms with Crippen molar-refractivity contribution in [2.45, 2.75) is 44.5 Å². The Morgan fingerprint density at radius 2 is 1.88 bits per heavy atom. The largest absolute Gasteiger partial charge is 0.368 e. The number of nitrogens with one attached hydrogen (secondary N) is 1. The number of aromatic nitrogens is 5. The summed E-state index contributed by atoms with van der Waals surface area (Å²) in [7, 11) is 0. The Bertz CT molecular complexity index is 978. The van der Waals surface area contributed by atoms with Gasteiger partial charge in [-0.3, -0.25) is 4.79 Å². The Morgan fingerprint density at radius 3 is 2.54 bits per heavy atom. The fourth-order valence-corrected chi connectivity index (χ4v) is 4.44. The monoisotopic (exact) mass is 391 g/mol. The molecule has 0 aliphatic rings. The Morgan fingerprint density at radius 1 is 1.19 bits per heavy atom. The number of aryl methyl sites for hydroxylation is 1. The van der Waals surface area contributed by atoms with Crippen molar-refractivity contribution in [1.29, 1.82) is 0 Å². The van der Waals surface area contributed by atoms with Crippen LogP contribution in [0.2, 0.25) is 0 Å². The van der Waals surface area contributed by atoms with Gasteiger partial charge in [-0.05, 0) is 24.8 Å². The molecule has 0 aromatic carbocycles. The Balaban J connectivity index is 1.88. The predicted molar refractivity (Wildman–Crippen MR) is 106 cm³/mol. The molecule has 5 N–H and O–H groups in total. The molecule has 0 aliphatic carbocycles. The van der Waals surface area contributed by atoms with Crippen LogP contribution in [0.4, 0.5) is 11.9 Å². The van der Waals surface area contributed by atoms with Gasteiger partial charge in [0.15, 0.2) is 5.16 Å². The number of anilines is 2. The van der Waals surface area contributed by atoms with E-state index in [2.05, 4.69) is 38.8 Å². The summed E-state index contributed by atoms with van der Waals surface area (Å²) in [5, 5.41) is 1.24. The number of thioether (sulfide) groups is 1. The molecule has 0 saturated heterocycles. The first-order chi connectivity index (χ1) is 12.4. The number of rotatable bonds is 6. The van der Waals surface area contributed by atoms with Crippen LogP contribution in [0.15, 0.2) is 9.95 Å². The molecular formula is C16H21N7OS2. The maximum absolute atomic E-state index is 12.6. The van der Waals surface area contributed by atoms with Crippen molar-refractivity contribution < 1.29 is 0 Å². The first-order valence-electron chi connectivity index (χ1n) is 8.28. The molecule has 3 heterocycles. The average Bonchev–Trinajstić information content (AvgIpc) is 2.88. The molecule has 1 atom stereocenters. The normalized spacial score (nSPS) is 12.6. The van der Waals surface area contributed by atoms with Gasteiger partial charge in [0.1, 0.15) is 10.7 Å². The van der Waals surface area contributed by atoms with E-state index in [1.807, 2.05) is 6.92 Å². The number of H-pyrrole nitrogens is 1. The zero-order valence-corrected chi connectivity index (χ0v) is 16.5. The van der Waals surface area contributed by atoms with Crippen LogP contribution in [-0.4, -0.2) is 24.9 Å². The quantitative estimate of drug-likeness (QED) is 0.431. The van der Waals surface area contributed by atoms with Crippen LogP contribution in [-0.2, 0) is 12.2 Å². The molecular weight excluding hydrogens is 370 g/mol. The summed E-state index contributed by atoms with van der Waals surface area (Å²) in [5.41, 5.74) is 12.2. The maximum Gasteiger partial charge on any atom is 0.260 e. The summed E-state index contributed by atoms with van der Waals surface area (Å²) < 4.78 is 0. The van der Waals surface area contributed by atoms with Crippen molar-refractivity contribution in [2.24, 2.45) is 5.92 Å². The highest BCUT2D eigenvalue weighted by Crippen LogP contribution is 2.30. The predicted octanol–water partition coefficient (Wildman–Crippen LogP) is 2.52. The van der Waals surface area contributed by atoms with E-state index in [1.165, 1.54) is 11.8 Å². The van der Waals surface area contributed by atoms with Gasteiger partial charge in [0.05, 0.1) is 11.1 Å². The second kappa shape index (κ2) is 7.58. The zero-order valence-electron chi connectivity index (χ0n) is 14.9. The molecule has 0 spiro atoms. The van der Waals surface area contributed by atoms with Crippen LogP contribution in [0.5, 0.6) is 0 Å². The molecule has 0 fully saturated rings. The van der Waals surface area contributed by atoms with Crippen LogP contribution in [0.1, 0.15) is 36.5 Å². The van der Waals surface area contributed by atoms with Gasteiger partial charge < -0.3 is 16.5 Å². The number of fused-ring (bicyclic) bond motifs is 1. The van der Waals surface area contributed by atoms with Crippen molar-refractivity contribution in [3.8, 4) is 0 Å². The average molecular weight is 392 g/mol. The van der Waals surface area contributed by atoms with Crippen molar-refractivity contribution in [3.05, 3.63) is 26.6 Å². The molecule has 8 nitrogen and oxygen atoms in total. The van der Waals surface area contributed by atoms with E-state index in [1.54, 1.807) is 11.3 Å². The van der Waals surface area contributed by atoms with Gasteiger partial charge in [0.25, 0.3) is 5.56 Å². The first kappa shape index (κ1) is 18.6. The van der Waals surface area contributed by atoms with Crippen LogP contribution < -0.4 is 17.0 Å². The van der Waals surface area contributed by atoms with Gasteiger partial charge >= 0.3 is 0 Å². The Labute approximate surface area is 158 Å². The van der Waals surface area contributed by atoms with Crippen molar-refractivity contribution >= 4 is 45.2 Å². The lowest BCUT2D eigenvalue weighted by molar-refractivity contribution is 0.561. The van der Waals surface area contributed by atoms with E-state index >= 15 is 0 Å². The molecule has 0 bridgehead atoms. The fourth-order valence-electron chi connectivity index (χ4n) is 2.62. The second-order valence-corrected chi connectivity index (χ2v) is 8.33. The van der Waals surface area contributed by atoms with Crippen LogP contribution in [0.25, 0.3) is 10.2 Å². The van der Waals surface area contributed by atoms with Gasteiger partial charge in [0.2, 0.25) is 11.9 Å². The van der Waals surface area contributed by atoms with Crippen molar-refractivity contribution in [3.63, 3.8) is 0 Å². The topological polar surface area (TPSA) is 136 Å². The molecule has 10 heteroatoms. The number of nitrogen functional groups attached to an aromatic ring is 2. The maximum atomic E-state index is 12.6. The highest BCUT2D eigenvalue weighted by Gasteiger charge is 2.17. The summed E-state index contributed by atoms with van der Waals surface area (Å²) in [6, 6.07) is 0. The summed E-state index contributed by atoms with van der Waals surface area (Å²) in [4.78, 5) is 33.8. The van der Waals surface area contributed by atoms with Crippen molar-refractivity contribution in [1.82, 2.24) is 24.9 Å². The van der Waals surface area contributed by atoms with Crippen LogP contribution >= 0.6 is 23.1 Å². The minimum absolute atomic E-state index is 0.0774.